The van der Waals surface area contributed by atoms with Crippen molar-refractivity contribution in [2.45, 2.75) is 19.4 Å². The molecule has 0 saturated heterocycles. The van der Waals surface area contributed by atoms with Crippen molar-refractivity contribution in [2.75, 3.05) is 17.6 Å². The van der Waals surface area contributed by atoms with Gasteiger partial charge in [0, 0.05) is 12.2 Å². The van der Waals surface area contributed by atoms with Crippen LogP contribution in [0.15, 0.2) is 18.2 Å². The maximum absolute atomic E-state index is 9.12. The largest absolute Gasteiger partial charge is 0.399 e. The third kappa shape index (κ3) is 2.43. The zero-order valence-electron chi connectivity index (χ0n) is 9.20. The standard InChI is InChI=1S/C11H16N4O/c1-7(16)4-5-13-11-14-9-3-2-8(12)6-10(9)15-11/h2-3,6-7,16H,4-5,12H2,1H3,(H2,13,14,15). The fraction of sp³-hybridized carbons (Fsp3) is 0.364. The minimum absolute atomic E-state index is 0.299. The van der Waals surface area contributed by atoms with Gasteiger partial charge in [0.2, 0.25) is 5.95 Å². The number of hydrogen-bond donors (Lipinski definition) is 4. The second kappa shape index (κ2) is 4.40. The number of anilines is 2. The number of H-pyrrole nitrogens is 1. The molecule has 1 aromatic heterocycles. The van der Waals surface area contributed by atoms with E-state index in [1.54, 1.807) is 6.92 Å². The Hall–Kier alpha value is -1.75. The minimum atomic E-state index is -0.299. The van der Waals surface area contributed by atoms with Crippen molar-refractivity contribution in [3.05, 3.63) is 18.2 Å². The van der Waals surface area contributed by atoms with Crippen molar-refractivity contribution in [1.29, 1.82) is 0 Å². The number of benzene rings is 1. The van der Waals surface area contributed by atoms with Crippen molar-refractivity contribution in [3.63, 3.8) is 0 Å². The molecule has 0 aliphatic rings. The van der Waals surface area contributed by atoms with Crippen LogP contribution in [-0.2, 0) is 0 Å². The Morgan fingerprint density at radius 3 is 3.12 bits per heavy atom. The maximum atomic E-state index is 9.12. The van der Waals surface area contributed by atoms with Gasteiger partial charge in [-0.1, -0.05) is 0 Å². The number of fused-ring (bicyclic) bond motifs is 1. The molecule has 0 spiro atoms. The number of hydrogen-bond acceptors (Lipinski definition) is 4. The molecule has 5 nitrogen and oxygen atoms in total. The SMILES string of the molecule is CC(O)CCNc1nc2ccc(N)cc2[nH]1. The van der Waals surface area contributed by atoms with E-state index in [9.17, 15) is 0 Å². The van der Waals surface area contributed by atoms with E-state index >= 15 is 0 Å². The third-order valence-corrected chi connectivity index (χ3v) is 2.36. The number of nitrogens with two attached hydrogens (primary N) is 1. The second-order valence-corrected chi connectivity index (χ2v) is 3.93. The van der Waals surface area contributed by atoms with Gasteiger partial charge in [0.15, 0.2) is 0 Å². The van der Waals surface area contributed by atoms with E-state index in [-0.39, 0.29) is 6.10 Å². The van der Waals surface area contributed by atoms with Gasteiger partial charge in [0.05, 0.1) is 17.1 Å². The molecule has 0 aliphatic carbocycles. The Bertz CT molecular complexity index is 478. The van der Waals surface area contributed by atoms with Crippen LogP contribution >= 0.6 is 0 Å². The van der Waals surface area contributed by atoms with Gasteiger partial charge in [0.1, 0.15) is 0 Å². The molecule has 2 aromatic rings. The monoisotopic (exact) mass is 220 g/mol. The number of nitrogens with zero attached hydrogens (tertiary/aromatic N) is 1. The molecule has 0 radical (unpaired) electrons. The van der Waals surface area contributed by atoms with Crippen LogP contribution in [0.25, 0.3) is 11.0 Å². The molecule has 1 unspecified atom stereocenters. The predicted octanol–water partition coefficient (Wildman–Crippen LogP) is 1.33. The zero-order chi connectivity index (χ0) is 11.5. The first-order valence-electron chi connectivity index (χ1n) is 5.32. The first-order chi connectivity index (χ1) is 7.65. The maximum Gasteiger partial charge on any atom is 0.201 e. The van der Waals surface area contributed by atoms with E-state index in [4.69, 9.17) is 10.8 Å². The smallest absolute Gasteiger partial charge is 0.201 e. The quantitative estimate of drug-likeness (QED) is 0.585. The van der Waals surface area contributed by atoms with Crippen LogP contribution in [0.3, 0.4) is 0 Å². The number of imidazole rings is 1. The summed E-state index contributed by atoms with van der Waals surface area (Å²) in [5.41, 5.74) is 8.19. The van der Waals surface area contributed by atoms with E-state index in [0.717, 1.165) is 11.0 Å². The lowest BCUT2D eigenvalue weighted by atomic mass is 10.3. The van der Waals surface area contributed by atoms with Crippen LogP contribution in [-0.4, -0.2) is 27.7 Å². The summed E-state index contributed by atoms with van der Waals surface area (Å²) in [7, 11) is 0. The molecule has 16 heavy (non-hydrogen) atoms. The van der Waals surface area contributed by atoms with Crippen LogP contribution in [0, 0.1) is 0 Å². The summed E-state index contributed by atoms with van der Waals surface area (Å²) in [5, 5.41) is 12.2. The van der Waals surface area contributed by atoms with Gasteiger partial charge in [-0.05, 0) is 31.5 Å². The van der Waals surface area contributed by atoms with Crippen molar-refractivity contribution < 1.29 is 5.11 Å². The van der Waals surface area contributed by atoms with E-state index in [2.05, 4.69) is 15.3 Å². The fourth-order valence-electron chi connectivity index (χ4n) is 1.51. The van der Waals surface area contributed by atoms with Gasteiger partial charge in [-0.3, -0.25) is 0 Å². The number of aromatic amines is 1. The molecule has 0 saturated carbocycles. The molecule has 5 heteroatoms. The molecule has 1 atom stereocenters. The highest BCUT2D eigenvalue weighted by molar-refractivity contribution is 5.80. The van der Waals surface area contributed by atoms with Crippen molar-refractivity contribution >= 4 is 22.7 Å². The molecule has 86 valence electrons. The van der Waals surface area contributed by atoms with Gasteiger partial charge < -0.3 is 21.1 Å². The topological polar surface area (TPSA) is 87.0 Å². The summed E-state index contributed by atoms with van der Waals surface area (Å²) in [5.74, 6) is 0.709. The Balaban J connectivity index is 2.08. The van der Waals surface area contributed by atoms with Gasteiger partial charge in [-0.2, -0.15) is 0 Å². The molecular formula is C11H16N4O. The van der Waals surface area contributed by atoms with Gasteiger partial charge in [0.25, 0.3) is 0 Å². The summed E-state index contributed by atoms with van der Waals surface area (Å²) in [6.07, 6.45) is 0.395. The van der Waals surface area contributed by atoms with Crippen LogP contribution in [0.4, 0.5) is 11.6 Å². The fourth-order valence-corrected chi connectivity index (χ4v) is 1.51. The van der Waals surface area contributed by atoms with E-state index in [0.29, 0.717) is 24.6 Å². The number of rotatable bonds is 4. The summed E-state index contributed by atoms with van der Waals surface area (Å²) in [6, 6.07) is 5.55. The van der Waals surface area contributed by atoms with Crippen molar-refractivity contribution in [1.82, 2.24) is 9.97 Å². The molecule has 0 amide bonds. The highest BCUT2D eigenvalue weighted by Gasteiger charge is 2.02. The lowest BCUT2D eigenvalue weighted by Gasteiger charge is -2.04. The van der Waals surface area contributed by atoms with E-state index in [1.165, 1.54) is 0 Å². The zero-order valence-corrected chi connectivity index (χ0v) is 9.20. The molecule has 2 rings (SSSR count). The minimum Gasteiger partial charge on any atom is -0.399 e. The van der Waals surface area contributed by atoms with Gasteiger partial charge in [-0.25, -0.2) is 4.98 Å². The lowest BCUT2D eigenvalue weighted by molar-refractivity contribution is 0.188. The van der Waals surface area contributed by atoms with Crippen molar-refractivity contribution in [2.24, 2.45) is 0 Å². The van der Waals surface area contributed by atoms with E-state index < -0.39 is 0 Å². The van der Waals surface area contributed by atoms with Crippen LogP contribution < -0.4 is 11.1 Å². The molecule has 0 fully saturated rings. The first-order valence-corrected chi connectivity index (χ1v) is 5.32. The summed E-state index contributed by atoms with van der Waals surface area (Å²) in [4.78, 5) is 7.47. The summed E-state index contributed by atoms with van der Waals surface area (Å²) < 4.78 is 0. The Labute approximate surface area is 93.7 Å². The normalized spacial score (nSPS) is 12.9. The lowest BCUT2D eigenvalue weighted by Crippen LogP contribution is -2.10. The number of aliphatic hydroxyl groups is 1. The average molecular weight is 220 g/mol. The van der Waals surface area contributed by atoms with Gasteiger partial charge in [-0.15, -0.1) is 0 Å². The Kier molecular flexibility index (Phi) is 2.96. The first kappa shape index (κ1) is 10.8. The van der Waals surface area contributed by atoms with Gasteiger partial charge >= 0.3 is 0 Å². The average Bonchev–Trinajstić information content (AvgIpc) is 2.58. The Morgan fingerprint density at radius 2 is 2.38 bits per heavy atom. The molecular weight excluding hydrogens is 204 g/mol. The van der Waals surface area contributed by atoms with Crippen molar-refractivity contribution in [3.8, 4) is 0 Å². The van der Waals surface area contributed by atoms with Crippen LogP contribution in [0.2, 0.25) is 0 Å². The molecule has 0 bridgehead atoms. The molecule has 1 heterocycles. The number of aliphatic hydroxyl groups excluding tert-OH is 1. The second-order valence-electron chi connectivity index (χ2n) is 3.93. The third-order valence-electron chi connectivity index (χ3n) is 2.36. The summed E-state index contributed by atoms with van der Waals surface area (Å²) >= 11 is 0. The van der Waals surface area contributed by atoms with Crippen LogP contribution in [0.5, 0.6) is 0 Å². The highest BCUT2D eigenvalue weighted by atomic mass is 16.3. The van der Waals surface area contributed by atoms with E-state index in [1.807, 2.05) is 18.2 Å². The predicted molar refractivity (Wildman–Crippen MR) is 65.3 cm³/mol. The molecule has 0 aliphatic heterocycles. The molecule has 5 N–H and O–H groups in total. The number of nitrogens with one attached hydrogen (secondary N) is 2. The summed E-state index contributed by atoms with van der Waals surface area (Å²) in [6.45, 7) is 2.45. The number of nitrogen functional groups attached to an aromatic ring is 1. The molecule has 1 aromatic carbocycles. The van der Waals surface area contributed by atoms with Crippen LogP contribution in [0.1, 0.15) is 13.3 Å². The number of aromatic nitrogens is 2. The highest BCUT2D eigenvalue weighted by Crippen LogP contribution is 2.16. The Morgan fingerprint density at radius 1 is 1.56 bits per heavy atom.